The van der Waals surface area contributed by atoms with Crippen molar-refractivity contribution in [3.63, 3.8) is 0 Å². The third kappa shape index (κ3) is 2.39. The van der Waals surface area contributed by atoms with Gasteiger partial charge in [0.05, 0.1) is 12.3 Å². The van der Waals surface area contributed by atoms with Crippen molar-refractivity contribution in [1.29, 1.82) is 0 Å². The maximum absolute atomic E-state index is 5.40. The number of rotatable bonds is 3. The molecule has 1 saturated heterocycles. The van der Waals surface area contributed by atoms with Gasteiger partial charge in [-0.25, -0.2) is 4.98 Å². The Morgan fingerprint density at radius 2 is 2.54 bits per heavy atom. The minimum Gasteiger partial charge on any atom is -0.474 e. The van der Waals surface area contributed by atoms with Crippen molar-refractivity contribution in [2.24, 2.45) is 0 Å². The third-order valence-electron chi connectivity index (χ3n) is 1.98. The Kier molecular flexibility index (Phi) is 2.72. The number of hydrogen-bond acceptors (Lipinski definition) is 4. The van der Waals surface area contributed by atoms with Crippen molar-refractivity contribution >= 4 is 0 Å². The number of nitrogens with zero attached hydrogens (tertiary/aromatic N) is 2. The van der Waals surface area contributed by atoms with E-state index in [9.17, 15) is 0 Å². The summed E-state index contributed by atoms with van der Waals surface area (Å²) in [5, 5.41) is 0. The average Bonchev–Trinajstić information content (AvgIpc) is 2.69. The molecule has 0 aromatic carbocycles. The molecule has 1 aromatic rings. The molecule has 70 valence electrons. The second kappa shape index (κ2) is 4.18. The molecular weight excluding hydrogens is 168 g/mol. The molecular formula is C9H12N2O2. The predicted molar refractivity (Wildman–Crippen MR) is 46.5 cm³/mol. The fourth-order valence-corrected chi connectivity index (χ4v) is 1.31. The van der Waals surface area contributed by atoms with Crippen molar-refractivity contribution in [1.82, 2.24) is 9.97 Å². The van der Waals surface area contributed by atoms with Crippen LogP contribution in [0.5, 0.6) is 5.88 Å². The van der Waals surface area contributed by atoms with Gasteiger partial charge in [-0.3, -0.25) is 4.98 Å². The number of aromatic nitrogens is 2. The first kappa shape index (κ1) is 8.44. The van der Waals surface area contributed by atoms with Crippen molar-refractivity contribution in [3.8, 4) is 5.88 Å². The van der Waals surface area contributed by atoms with Crippen LogP contribution in [0.25, 0.3) is 0 Å². The SMILES string of the molecule is c1cnc(OCC2CCCO2)cn1. The Morgan fingerprint density at radius 1 is 1.54 bits per heavy atom. The summed E-state index contributed by atoms with van der Waals surface area (Å²) < 4.78 is 10.8. The lowest BCUT2D eigenvalue weighted by Gasteiger charge is -2.09. The van der Waals surface area contributed by atoms with E-state index in [0.717, 1.165) is 19.4 Å². The molecule has 0 N–H and O–H groups in total. The van der Waals surface area contributed by atoms with E-state index < -0.39 is 0 Å². The van der Waals surface area contributed by atoms with Gasteiger partial charge in [-0.2, -0.15) is 0 Å². The van der Waals surface area contributed by atoms with E-state index >= 15 is 0 Å². The van der Waals surface area contributed by atoms with Crippen LogP contribution in [-0.4, -0.2) is 29.3 Å². The topological polar surface area (TPSA) is 44.2 Å². The number of hydrogen-bond donors (Lipinski definition) is 0. The molecule has 2 rings (SSSR count). The van der Waals surface area contributed by atoms with Crippen LogP contribution in [0.1, 0.15) is 12.8 Å². The molecule has 1 atom stereocenters. The molecule has 1 fully saturated rings. The largest absolute Gasteiger partial charge is 0.474 e. The summed E-state index contributed by atoms with van der Waals surface area (Å²) in [4.78, 5) is 7.90. The fourth-order valence-electron chi connectivity index (χ4n) is 1.31. The second-order valence-electron chi connectivity index (χ2n) is 2.99. The first-order valence-electron chi connectivity index (χ1n) is 4.45. The summed E-state index contributed by atoms with van der Waals surface area (Å²) in [5.74, 6) is 0.568. The Labute approximate surface area is 76.9 Å². The molecule has 0 amide bonds. The molecule has 0 bridgehead atoms. The van der Waals surface area contributed by atoms with Gasteiger partial charge in [-0.15, -0.1) is 0 Å². The molecule has 0 spiro atoms. The van der Waals surface area contributed by atoms with E-state index in [4.69, 9.17) is 9.47 Å². The molecule has 1 aliphatic rings. The minimum atomic E-state index is 0.238. The zero-order valence-electron chi connectivity index (χ0n) is 7.35. The summed E-state index contributed by atoms with van der Waals surface area (Å²) in [5.41, 5.74) is 0. The van der Waals surface area contributed by atoms with Crippen molar-refractivity contribution in [2.75, 3.05) is 13.2 Å². The summed E-state index contributed by atoms with van der Waals surface area (Å²) in [7, 11) is 0. The van der Waals surface area contributed by atoms with Gasteiger partial charge in [-0.1, -0.05) is 0 Å². The van der Waals surface area contributed by atoms with Crippen molar-refractivity contribution < 1.29 is 9.47 Å². The van der Waals surface area contributed by atoms with Crippen LogP contribution in [0.15, 0.2) is 18.6 Å². The highest BCUT2D eigenvalue weighted by Gasteiger charge is 2.15. The van der Waals surface area contributed by atoms with Gasteiger partial charge in [0.15, 0.2) is 0 Å². The summed E-state index contributed by atoms with van der Waals surface area (Å²) in [6.07, 6.45) is 7.30. The third-order valence-corrected chi connectivity index (χ3v) is 1.98. The number of ether oxygens (including phenoxy) is 2. The van der Waals surface area contributed by atoms with E-state index in [1.54, 1.807) is 18.6 Å². The van der Waals surface area contributed by atoms with Crippen LogP contribution in [0, 0.1) is 0 Å². The van der Waals surface area contributed by atoms with Gasteiger partial charge in [-0.05, 0) is 12.8 Å². The quantitative estimate of drug-likeness (QED) is 0.697. The Bertz CT molecular complexity index is 247. The van der Waals surface area contributed by atoms with Gasteiger partial charge in [0.2, 0.25) is 5.88 Å². The molecule has 4 nitrogen and oxygen atoms in total. The summed E-state index contributed by atoms with van der Waals surface area (Å²) >= 11 is 0. The van der Waals surface area contributed by atoms with E-state index in [1.807, 2.05) is 0 Å². The molecule has 2 heterocycles. The molecule has 1 aromatic heterocycles. The standard InChI is InChI=1S/C9H12N2O2/c1-2-8(12-5-1)7-13-9-6-10-3-4-11-9/h3-4,6,8H,1-2,5,7H2. The first-order chi connectivity index (χ1) is 6.45. The maximum atomic E-state index is 5.40. The Morgan fingerprint density at radius 3 is 3.23 bits per heavy atom. The minimum absolute atomic E-state index is 0.238. The average molecular weight is 180 g/mol. The predicted octanol–water partition coefficient (Wildman–Crippen LogP) is 1.03. The van der Waals surface area contributed by atoms with Gasteiger partial charge in [0, 0.05) is 19.0 Å². The summed E-state index contributed by atoms with van der Waals surface area (Å²) in [6.45, 7) is 1.44. The normalized spacial score (nSPS) is 21.7. The lowest BCUT2D eigenvalue weighted by molar-refractivity contribution is 0.0662. The molecule has 13 heavy (non-hydrogen) atoms. The van der Waals surface area contributed by atoms with E-state index in [1.165, 1.54) is 0 Å². The zero-order chi connectivity index (χ0) is 8.93. The van der Waals surface area contributed by atoms with Crippen molar-refractivity contribution in [2.45, 2.75) is 18.9 Å². The second-order valence-corrected chi connectivity index (χ2v) is 2.99. The first-order valence-corrected chi connectivity index (χ1v) is 4.45. The molecule has 0 aliphatic carbocycles. The molecule has 1 aliphatic heterocycles. The van der Waals surface area contributed by atoms with Crippen LogP contribution in [0.2, 0.25) is 0 Å². The molecule has 0 saturated carbocycles. The maximum Gasteiger partial charge on any atom is 0.232 e. The molecule has 0 radical (unpaired) electrons. The van der Waals surface area contributed by atoms with E-state index in [2.05, 4.69) is 9.97 Å². The molecule has 4 heteroatoms. The Hall–Kier alpha value is -1.16. The highest BCUT2D eigenvalue weighted by atomic mass is 16.5. The van der Waals surface area contributed by atoms with Crippen LogP contribution < -0.4 is 4.74 Å². The molecule has 1 unspecified atom stereocenters. The van der Waals surface area contributed by atoms with Gasteiger partial charge in [0.25, 0.3) is 0 Å². The van der Waals surface area contributed by atoms with Gasteiger partial charge in [0.1, 0.15) is 6.61 Å². The van der Waals surface area contributed by atoms with E-state index in [-0.39, 0.29) is 6.10 Å². The van der Waals surface area contributed by atoms with Gasteiger partial charge < -0.3 is 9.47 Å². The van der Waals surface area contributed by atoms with Crippen LogP contribution in [0.3, 0.4) is 0 Å². The monoisotopic (exact) mass is 180 g/mol. The summed E-state index contributed by atoms with van der Waals surface area (Å²) in [6, 6.07) is 0. The smallest absolute Gasteiger partial charge is 0.232 e. The Balaban J connectivity index is 1.79. The van der Waals surface area contributed by atoms with E-state index in [0.29, 0.717) is 12.5 Å². The van der Waals surface area contributed by atoms with Crippen LogP contribution in [-0.2, 0) is 4.74 Å². The fraction of sp³-hybridized carbons (Fsp3) is 0.556. The lowest BCUT2D eigenvalue weighted by Crippen LogP contribution is -2.16. The zero-order valence-corrected chi connectivity index (χ0v) is 7.35. The van der Waals surface area contributed by atoms with Crippen LogP contribution in [0.4, 0.5) is 0 Å². The lowest BCUT2D eigenvalue weighted by atomic mass is 10.2. The van der Waals surface area contributed by atoms with Gasteiger partial charge >= 0.3 is 0 Å². The highest BCUT2D eigenvalue weighted by Crippen LogP contribution is 2.13. The van der Waals surface area contributed by atoms with Crippen LogP contribution >= 0.6 is 0 Å². The van der Waals surface area contributed by atoms with Crippen molar-refractivity contribution in [3.05, 3.63) is 18.6 Å². The highest BCUT2D eigenvalue weighted by molar-refractivity contribution is 5.01.